The minimum atomic E-state index is -5.50. The van der Waals surface area contributed by atoms with Crippen LogP contribution in [0, 0.1) is 5.41 Å². The molecule has 7 atom stereocenters. The SMILES string of the molecule is CCCCCCCCCCCCCCSCC(COP(=O)([O-])OP(=O)(O)OC[C@H]1O[C@@H](n2ccc(=N)nc2[O-])[C@@H](O)[C@@H]1O)OC(=O)CCCCCCCCCCC.[Na+].[Na+]. The number of aliphatic hydroxyl groups is 2. The normalized spacial score (nSPS) is 20.2. The van der Waals surface area contributed by atoms with Gasteiger partial charge in [0.25, 0.3) is 7.82 Å². The summed E-state index contributed by atoms with van der Waals surface area (Å²) in [4.78, 5) is 39.0. The van der Waals surface area contributed by atoms with Crippen LogP contribution >= 0.6 is 27.4 Å². The molecule has 1 aliphatic heterocycles. The average molecular weight is 916 g/mol. The smallest absolute Gasteiger partial charge is 0.846 e. The van der Waals surface area contributed by atoms with E-state index in [2.05, 4.69) is 23.1 Å². The number of unbranched alkanes of at least 4 members (excludes halogenated alkanes) is 19. The van der Waals surface area contributed by atoms with Gasteiger partial charge in [-0.2, -0.15) is 11.8 Å². The Kier molecular flexibility index (Phi) is 35.3. The van der Waals surface area contributed by atoms with Gasteiger partial charge >= 0.3 is 72.9 Å². The Labute approximate surface area is 400 Å². The molecule has 1 aromatic heterocycles. The monoisotopic (exact) mass is 915 g/mol. The second-order valence-corrected chi connectivity index (χ2v) is 18.9. The van der Waals surface area contributed by atoms with Gasteiger partial charge in [-0.25, -0.2) is 13.9 Å². The predicted octanol–water partition coefficient (Wildman–Crippen LogP) is 0.949. The molecule has 1 aromatic rings. The first-order chi connectivity index (χ1) is 27.3. The third-order valence-corrected chi connectivity index (χ3v) is 13.4. The van der Waals surface area contributed by atoms with Gasteiger partial charge in [0.1, 0.15) is 29.9 Å². The molecule has 0 radical (unpaired) electrons. The van der Waals surface area contributed by atoms with Crippen molar-refractivity contribution in [1.29, 1.82) is 5.41 Å². The van der Waals surface area contributed by atoms with Gasteiger partial charge in [0.05, 0.1) is 19.2 Å². The van der Waals surface area contributed by atoms with Crippen LogP contribution in [0.4, 0.5) is 0 Å². The van der Waals surface area contributed by atoms with Gasteiger partial charge in [0, 0.05) is 18.4 Å². The summed E-state index contributed by atoms with van der Waals surface area (Å²) >= 11 is 1.50. The van der Waals surface area contributed by atoms with Gasteiger partial charge < -0.3 is 43.7 Å². The van der Waals surface area contributed by atoms with Crippen molar-refractivity contribution in [2.24, 2.45) is 0 Å². The van der Waals surface area contributed by atoms with Crippen molar-refractivity contribution in [2.75, 3.05) is 24.7 Å². The summed E-state index contributed by atoms with van der Waals surface area (Å²) in [6, 6.07) is 0.202. The number of esters is 1. The minimum Gasteiger partial charge on any atom is -0.846 e. The van der Waals surface area contributed by atoms with Crippen LogP contribution in [-0.2, 0) is 36.8 Å². The number of nitrogens with one attached hydrogen (secondary N) is 1. The van der Waals surface area contributed by atoms with Crippen molar-refractivity contribution in [3.05, 3.63) is 17.8 Å². The van der Waals surface area contributed by atoms with E-state index in [1.54, 1.807) is 0 Å². The zero-order valence-corrected chi connectivity index (χ0v) is 42.7. The number of nitrogens with zero attached hydrogens (tertiary/aromatic N) is 2. The summed E-state index contributed by atoms with van der Waals surface area (Å²) in [7, 11) is -10.9. The van der Waals surface area contributed by atoms with Gasteiger partial charge in [-0.15, -0.1) is 0 Å². The number of rotatable bonds is 35. The molecule has 0 saturated carbocycles. The molecule has 59 heavy (non-hydrogen) atoms. The summed E-state index contributed by atoms with van der Waals surface area (Å²) in [5.74, 6) is 0.540. The Morgan fingerprint density at radius 3 is 1.90 bits per heavy atom. The van der Waals surface area contributed by atoms with Crippen molar-refractivity contribution in [3.63, 3.8) is 0 Å². The van der Waals surface area contributed by atoms with Crippen LogP contribution in [0.5, 0.6) is 6.01 Å². The molecule has 0 bridgehead atoms. The van der Waals surface area contributed by atoms with E-state index >= 15 is 0 Å². The van der Waals surface area contributed by atoms with Crippen LogP contribution in [0.1, 0.15) is 161 Å². The number of phosphoric acid groups is 2. The number of carbonyl (C=O) groups is 1. The Bertz CT molecular complexity index is 1410. The molecule has 3 unspecified atom stereocenters. The van der Waals surface area contributed by atoms with E-state index in [4.69, 9.17) is 23.9 Å². The second-order valence-electron chi connectivity index (χ2n) is 14.8. The van der Waals surface area contributed by atoms with Crippen molar-refractivity contribution in [3.8, 4) is 6.01 Å². The summed E-state index contributed by atoms with van der Waals surface area (Å²) in [6.07, 6.45) is 18.4. The van der Waals surface area contributed by atoms with E-state index in [1.165, 1.54) is 102 Å². The molecule has 0 amide bonds. The molecule has 1 fully saturated rings. The summed E-state index contributed by atoms with van der Waals surface area (Å²) in [5.41, 5.74) is -0.334. The van der Waals surface area contributed by atoms with Gasteiger partial charge in [0.2, 0.25) is 0 Å². The van der Waals surface area contributed by atoms with Crippen molar-refractivity contribution in [1.82, 2.24) is 9.55 Å². The van der Waals surface area contributed by atoms with E-state index in [1.807, 2.05) is 0 Å². The molecule has 2 rings (SSSR count). The number of aromatic nitrogens is 2. The van der Waals surface area contributed by atoms with Gasteiger partial charge in [-0.3, -0.25) is 19.3 Å². The Hall–Kier alpha value is 0.640. The first kappa shape index (κ1) is 59.6. The fourth-order valence-corrected chi connectivity index (χ4v) is 9.49. The topological polar surface area (TPSA) is 246 Å². The first-order valence-electron chi connectivity index (χ1n) is 21.0. The van der Waals surface area contributed by atoms with Crippen LogP contribution in [0.3, 0.4) is 0 Å². The predicted molar refractivity (Wildman–Crippen MR) is 214 cm³/mol. The molecule has 332 valence electrons. The third kappa shape index (κ3) is 27.5. The van der Waals surface area contributed by atoms with E-state index in [-0.39, 0.29) is 76.8 Å². The first-order valence-corrected chi connectivity index (χ1v) is 25.1. The molecule has 4 N–H and O–H groups in total. The van der Waals surface area contributed by atoms with Gasteiger partial charge in [-0.05, 0) is 24.7 Å². The summed E-state index contributed by atoms with van der Waals surface area (Å²) in [5, 5.41) is 40.3. The fraction of sp³-hybridized carbons (Fsp3) is 0.868. The number of ether oxygens (including phenoxy) is 2. The van der Waals surface area contributed by atoms with Crippen LogP contribution in [-0.4, -0.2) is 79.8 Å². The molecule has 1 saturated heterocycles. The fourth-order valence-electron chi connectivity index (χ4n) is 6.42. The van der Waals surface area contributed by atoms with E-state index in [9.17, 15) is 39.0 Å². The number of hydrogen-bond donors (Lipinski definition) is 4. The van der Waals surface area contributed by atoms with E-state index in [0.717, 1.165) is 61.1 Å². The molecule has 16 nitrogen and oxygen atoms in total. The Balaban J connectivity index is 0.0000168. The number of phosphoric ester groups is 2. The molecule has 0 aromatic carbocycles. The molecular formula is C38H69N3Na2O13P2S. The average Bonchev–Trinajstić information content (AvgIpc) is 3.43. The van der Waals surface area contributed by atoms with E-state index < -0.39 is 71.5 Å². The molecule has 1 aliphatic rings. The van der Waals surface area contributed by atoms with Crippen LogP contribution < -0.4 is 74.6 Å². The van der Waals surface area contributed by atoms with Crippen LogP contribution in [0.2, 0.25) is 0 Å². The summed E-state index contributed by atoms with van der Waals surface area (Å²) < 4.78 is 51.1. The van der Waals surface area contributed by atoms with Gasteiger partial charge in [-0.1, -0.05) is 136 Å². The molecule has 2 heterocycles. The number of carbonyl (C=O) groups excluding carboxylic acids is 1. The molecule has 0 aliphatic carbocycles. The quantitative estimate of drug-likeness (QED) is 0.0321. The van der Waals surface area contributed by atoms with Crippen molar-refractivity contribution >= 4 is 33.4 Å². The molecular weight excluding hydrogens is 846 g/mol. The second kappa shape index (κ2) is 35.0. The zero-order chi connectivity index (χ0) is 41.9. The number of hydrogen-bond acceptors (Lipinski definition) is 15. The van der Waals surface area contributed by atoms with Crippen molar-refractivity contribution in [2.45, 2.75) is 186 Å². The maximum Gasteiger partial charge on any atom is 1.00 e. The van der Waals surface area contributed by atoms with E-state index in [0.29, 0.717) is 6.42 Å². The Morgan fingerprint density at radius 2 is 1.37 bits per heavy atom. The molecule has 21 heteroatoms. The van der Waals surface area contributed by atoms with Gasteiger partial charge in [0.15, 0.2) is 6.23 Å². The standard InChI is InChI=1S/C38H71N3O13P2S.2Na/c1-3-5-7-9-11-13-14-15-17-19-21-23-27-57-30-31(52-34(42)24-22-20-18-16-12-10-8-6-4-2)28-50-55(46,47)54-56(48,49)51-29-32-35(43)36(44)37(53-32)41-26-25-33(39)40-38(41)45;;/h25-26,31-32,35-37,43-44H,3-24,27-30H2,1-2H3,(H,46,47)(H,48,49)(H2,39,40,45);;/q;2*+1/p-2/t31?,32-,35-,36+,37-;;/m1../s1. The van der Waals surface area contributed by atoms with Crippen molar-refractivity contribution < 1.29 is 121 Å². The summed E-state index contributed by atoms with van der Waals surface area (Å²) in [6.45, 7) is 2.84. The maximum absolute atomic E-state index is 12.7. The number of thioether (sulfide) groups is 1. The Morgan fingerprint density at radius 1 is 0.864 bits per heavy atom. The minimum absolute atomic E-state index is 0. The molecule has 0 spiro atoms. The van der Waals surface area contributed by atoms with Crippen LogP contribution in [0.25, 0.3) is 0 Å². The third-order valence-electron chi connectivity index (χ3n) is 9.69. The maximum atomic E-state index is 12.7. The number of aliphatic hydroxyl groups excluding tert-OH is 2. The zero-order valence-electron chi connectivity index (χ0n) is 36.0. The largest absolute Gasteiger partial charge is 1.00 e. The van der Waals surface area contributed by atoms with Crippen LogP contribution in [0.15, 0.2) is 12.3 Å².